The number of fused-ring (bicyclic) bond motifs is 2. The second kappa shape index (κ2) is 12.0. The average Bonchev–Trinajstić information content (AvgIpc) is 2.93. The van der Waals surface area contributed by atoms with Crippen LogP contribution >= 0.6 is 0 Å². The summed E-state index contributed by atoms with van der Waals surface area (Å²) in [5, 5.41) is 72.6. The van der Waals surface area contributed by atoms with Crippen molar-refractivity contribution in [3.8, 4) is 0 Å². The molecule has 4 aromatic carbocycles. The molecule has 0 saturated heterocycles. The number of carboxylic acids is 8. The van der Waals surface area contributed by atoms with E-state index in [1.165, 1.54) is 18.2 Å². The Morgan fingerprint density at radius 1 is 0.341 bits per heavy atom. The SMILES string of the molecule is O=C(O)c1cc2c(C(=O)O)cccc2c(C(=O)O)c1C(=O)O.O=C(O)c1cc2cc(C(=O)O)c(C(=O)O)cc2cc1C(=O)O. The molecule has 0 aliphatic heterocycles. The maximum absolute atomic E-state index is 11.4. The third kappa shape index (κ3) is 5.93. The lowest BCUT2D eigenvalue weighted by Gasteiger charge is -2.11. The van der Waals surface area contributed by atoms with Crippen LogP contribution in [0.5, 0.6) is 0 Å². The summed E-state index contributed by atoms with van der Waals surface area (Å²) in [4.78, 5) is 89.4. The van der Waals surface area contributed by atoms with E-state index < -0.39 is 86.7 Å². The minimum atomic E-state index is -1.72. The predicted molar refractivity (Wildman–Crippen MR) is 144 cm³/mol. The molecule has 0 aliphatic rings. The molecule has 0 fully saturated rings. The summed E-state index contributed by atoms with van der Waals surface area (Å²) in [6, 6.07) is 8.50. The second-order valence-electron chi connectivity index (χ2n) is 8.66. The number of rotatable bonds is 8. The van der Waals surface area contributed by atoms with E-state index in [1.54, 1.807) is 0 Å². The van der Waals surface area contributed by atoms with E-state index in [-0.39, 0.29) is 27.1 Å². The number of aromatic carboxylic acids is 8. The van der Waals surface area contributed by atoms with Crippen molar-refractivity contribution >= 4 is 69.3 Å². The van der Waals surface area contributed by atoms with Crippen LogP contribution in [-0.4, -0.2) is 88.6 Å². The quantitative estimate of drug-likeness (QED) is 0.142. The molecule has 0 aliphatic carbocycles. The standard InChI is InChI=1S/2C14H8O8/c15-11(16)7-1-5-2-9(13(19)20)10(14(21)22)4-6(5)3-8(7)12(17)18;15-11(16)6-3-1-2-5-7(6)4-8(12(17)18)10(14(21)22)9(5)13(19)20/h2*1-4H,(H,15,16)(H,17,18)(H,19,20)(H,21,22). The molecule has 0 radical (unpaired) electrons. The Bertz CT molecular complexity index is 1850. The van der Waals surface area contributed by atoms with Gasteiger partial charge in [0.15, 0.2) is 0 Å². The number of hydrogen-bond acceptors (Lipinski definition) is 8. The Morgan fingerprint density at radius 3 is 0.977 bits per heavy atom. The summed E-state index contributed by atoms with van der Waals surface area (Å²) in [5.41, 5.74) is -4.82. The lowest BCUT2D eigenvalue weighted by Crippen LogP contribution is -2.16. The largest absolute Gasteiger partial charge is 0.478 e. The van der Waals surface area contributed by atoms with Crippen LogP contribution in [0, 0.1) is 0 Å². The Hall–Kier alpha value is -6.84. The molecule has 8 N–H and O–H groups in total. The summed E-state index contributed by atoms with van der Waals surface area (Å²) < 4.78 is 0. The van der Waals surface area contributed by atoms with E-state index in [0.717, 1.165) is 30.3 Å². The van der Waals surface area contributed by atoms with Gasteiger partial charge < -0.3 is 40.9 Å². The zero-order valence-corrected chi connectivity index (χ0v) is 21.5. The molecule has 4 rings (SSSR count). The maximum atomic E-state index is 11.4. The zero-order valence-electron chi connectivity index (χ0n) is 21.5. The fourth-order valence-corrected chi connectivity index (χ4v) is 4.28. The fourth-order valence-electron chi connectivity index (χ4n) is 4.28. The molecule has 0 bridgehead atoms. The molecule has 224 valence electrons. The number of carboxylic acid groups (broad SMARTS) is 8. The van der Waals surface area contributed by atoms with Crippen LogP contribution in [0.15, 0.2) is 48.5 Å². The summed E-state index contributed by atoms with van der Waals surface area (Å²) >= 11 is 0. The maximum Gasteiger partial charge on any atom is 0.337 e. The van der Waals surface area contributed by atoms with Crippen LogP contribution < -0.4 is 0 Å². The minimum Gasteiger partial charge on any atom is -0.478 e. The monoisotopic (exact) mass is 608 g/mol. The van der Waals surface area contributed by atoms with Crippen molar-refractivity contribution in [3.63, 3.8) is 0 Å². The van der Waals surface area contributed by atoms with Crippen LogP contribution in [-0.2, 0) is 0 Å². The lowest BCUT2D eigenvalue weighted by molar-refractivity contribution is 0.0634. The first-order chi connectivity index (χ1) is 20.5. The fraction of sp³-hybridized carbons (Fsp3) is 0. The molecule has 0 heterocycles. The van der Waals surface area contributed by atoms with E-state index in [1.807, 2.05) is 0 Å². The Kier molecular flexibility index (Phi) is 8.61. The van der Waals surface area contributed by atoms with Crippen molar-refractivity contribution in [3.05, 3.63) is 93.0 Å². The normalized spacial score (nSPS) is 10.4. The van der Waals surface area contributed by atoms with Crippen molar-refractivity contribution in [2.75, 3.05) is 0 Å². The van der Waals surface area contributed by atoms with E-state index in [4.69, 9.17) is 35.7 Å². The second-order valence-corrected chi connectivity index (χ2v) is 8.66. The Balaban J connectivity index is 0.000000240. The third-order valence-corrected chi connectivity index (χ3v) is 6.11. The van der Waals surface area contributed by atoms with Gasteiger partial charge in [0.2, 0.25) is 0 Å². The molecule has 0 saturated carbocycles. The van der Waals surface area contributed by atoms with Gasteiger partial charge in [-0.25, -0.2) is 38.4 Å². The van der Waals surface area contributed by atoms with Gasteiger partial charge in [-0.3, -0.25) is 0 Å². The van der Waals surface area contributed by atoms with Gasteiger partial charge in [-0.2, -0.15) is 0 Å². The molecule has 16 nitrogen and oxygen atoms in total. The molecule has 0 aromatic heterocycles. The molecule has 0 amide bonds. The first-order valence-electron chi connectivity index (χ1n) is 11.6. The number of benzene rings is 4. The Morgan fingerprint density at radius 2 is 0.682 bits per heavy atom. The molecule has 0 spiro atoms. The molecular weight excluding hydrogens is 592 g/mol. The number of carbonyl (C=O) groups is 8. The molecule has 44 heavy (non-hydrogen) atoms. The van der Waals surface area contributed by atoms with Crippen LogP contribution in [0.3, 0.4) is 0 Å². The van der Waals surface area contributed by atoms with E-state index in [9.17, 15) is 43.5 Å². The van der Waals surface area contributed by atoms with E-state index >= 15 is 0 Å². The highest BCUT2D eigenvalue weighted by molar-refractivity contribution is 6.19. The Labute approximate surface area is 241 Å². The van der Waals surface area contributed by atoms with Gasteiger partial charge in [-0.05, 0) is 57.9 Å². The summed E-state index contributed by atoms with van der Waals surface area (Å²) in [6.07, 6.45) is 0. The van der Waals surface area contributed by atoms with Crippen LogP contribution in [0.1, 0.15) is 82.9 Å². The van der Waals surface area contributed by atoms with Crippen LogP contribution in [0.4, 0.5) is 0 Å². The van der Waals surface area contributed by atoms with Gasteiger partial charge >= 0.3 is 47.8 Å². The van der Waals surface area contributed by atoms with Crippen molar-refractivity contribution < 1.29 is 79.2 Å². The molecule has 4 aromatic rings. The van der Waals surface area contributed by atoms with Gasteiger partial charge in [0.05, 0.1) is 44.5 Å². The van der Waals surface area contributed by atoms with Crippen LogP contribution in [0.2, 0.25) is 0 Å². The summed E-state index contributed by atoms with van der Waals surface area (Å²) in [6.45, 7) is 0. The summed E-state index contributed by atoms with van der Waals surface area (Å²) in [7, 11) is 0. The van der Waals surface area contributed by atoms with Crippen LogP contribution in [0.25, 0.3) is 21.5 Å². The van der Waals surface area contributed by atoms with Gasteiger partial charge in [0.25, 0.3) is 0 Å². The van der Waals surface area contributed by atoms with Crippen molar-refractivity contribution in [1.82, 2.24) is 0 Å². The van der Waals surface area contributed by atoms with Gasteiger partial charge in [0, 0.05) is 0 Å². The van der Waals surface area contributed by atoms with Gasteiger partial charge in [0.1, 0.15) is 0 Å². The molecular formula is C28H16O16. The zero-order chi connectivity index (χ0) is 33.2. The molecule has 0 atom stereocenters. The first-order valence-corrected chi connectivity index (χ1v) is 11.6. The minimum absolute atomic E-state index is 0.116. The summed E-state index contributed by atoms with van der Waals surface area (Å²) in [5.74, 6) is -12.4. The van der Waals surface area contributed by atoms with E-state index in [2.05, 4.69) is 0 Å². The van der Waals surface area contributed by atoms with Gasteiger partial charge in [-0.1, -0.05) is 12.1 Å². The highest BCUT2D eigenvalue weighted by Gasteiger charge is 2.28. The smallest absolute Gasteiger partial charge is 0.337 e. The predicted octanol–water partition coefficient (Wildman–Crippen LogP) is 3.27. The number of hydrogen-bond donors (Lipinski definition) is 8. The highest BCUT2D eigenvalue weighted by atomic mass is 16.4. The topological polar surface area (TPSA) is 298 Å². The van der Waals surface area contributed by atoms with Gasteiger partial charge in [-0.15, -0.1) is 0 Å². The average molecular weight is 608 g/mol. The van der Waals surface area contributed by atoms with E-state index in [0.29, 0.717) is 0 Å². The third-order valence-electron chi connectivity index (χ3n) is 6.11. The highest BCUT2D eigenvalue weighted by Crippen LogP contribution is 2.29. The van der Waals surface area contributed by atoms with Crippen molar-refractivity contribution in [2.24, 2.45) is 0 Å². The van der Waals surface area contributed by atoms with Crippen molar-refractivity contribution in [2.45, 2.75) is 0 Å². The van der Waals surface area contributed by atoms with Crippen molar-refractivity contribution in [1.29, 1.82) is 0 Å². The molecule has 0 unspecified atom stereocenters. The molecule has 16 heteroatoms. The first kappa shape index (κ1) is 31.7. The lowest BCUT2D eigenvalue weighted by atomic mass is 9.91.